The van der Waals surface area contributed by atoms with Gasteiger partial charge in [-0.2, -0.15) is 17.2 Å². The molecule has 2 aromatic heterocycles. The van der Waals surface area contributed by atoms with Crippen LogP contribution < -0.4 is 5.14 Å². The van der Waals surface area contributed by atoms with Crippen LogP contribution in [0.15, 0.2) is 48.5 Å². The predicted molar refractivity (Wildman–Crippen MR) is 103 cm³/mol. The van der Waals surface area contributed by atoms with Gasteiger partial charge in [-0.1, -0.05) is 36.4 Å². The summed E-state index contributed by atoms with van der Waals surface area (Å²) in [5.41, 5.74) is 1.37. The first kappa shape index (κ1) is 18.8. The van der Waals surface area contributed by atoms with Gasteiger partial charge in [-0.3, -0.25) is 4.18 Å². The van der Waals surface area contributed by atoms with Crippen LogP contribution in [0.5, 0.6) is 0 Å². The summed E-state index contributed by atoms with van der Waals surface area (Å²) in [5, 5.41) is 15.6. The molecule has 0 saturated carbocycles. The van der Waals surface area contributed by atoms with Crippen molar-refractivity contribution >= 4 is 53.5 Å². The molecule has 0 radical (unpaired) electrons. The van der Waals surface area contributed by atoms with E-state index in [1.54, 1.807) is 0 Å². The molecule has 0 aliphatic rings. The SMILES string of the molecule is NS(=O)(=O)OCc1nsc2ccccc12.OCc1nsc2ccccc12. The van der Waals surface area contributed by atoms with Crippen molar-refractivity contribution in [1.29, 1.82) is 0 Å². The summed E-state index contributed by atoms with van der Waals surface area (Å²) in [6, 6.07) is 15.4. The zero-order chi connectivity index (χ0) is 18.6. The maximum atomic E-state index is 10.6. The van der Waals surface area contributed by atoms with Crippen LogP contribution in [0, 0.1) is 0 Å². The van der Waals surface area contributed by atoms with Gasteiger partial charge in [0.1, 0.15) is 6.61 Å². The van der Waals surface area contributed by atoms with Gasteiger partial charge in [0.15, 0.2) is 0 Å². The average Bonchev–Trinajstić information content (AvgIpc) is 3.24. The van der Waals surface area contributed by atoms with E-state index in [9.17, 15) is 8.42 Å². The Morgan fingerprint density at radius 2 is 1.42 bits per heavy atom. The minimum Gasteiger partial charge on any atom is -0.390 e. The highest BCUT2D eigenvalue weighted by molar-refractivity contribution is 7.84. The third kappa shape index (κ3) is 4.61. The lowest BCUT2D eigenvalue weighted by Gasteiger charge is -1.97. The van der Waals surface area contributed by atoms with E-state index in [1.807, 2.05) is 48.5 Å². The largest absolute Gasteiger partial charge is 0.390 e. The second-order valence-electron chi connectivity index (χ2n) is 5.16. The number of fused-ring (bicyclic) bond motifs is 2. The summed E-state index contributed by atoms with van der Waals surface area (Å²) in [6.45, 7) is -0.0904. The number of hydrogen-bond acceptors (Lipinski definition) is 8. The molecule has 0 saturated heterocycles. The van der Waals surface area contributed by atoms with Crippen molar-refractivity contribution in [3.63, 3.8) is 0 Å². The first-order valence-electron chi connectivity index (χ1n) is 7.42. The van der Waals surface area contributed by atoms with Gasteiger partial charge in [0.05, 0.1) is 27.4 Å². The molecular weight excluding hydrogens is 394 g/mol. The molecule has 0 bridgehead atoms. The molecule has 0 fully saturated rings. The Morgan fingerprint density at radius 1 is 0.923 bits per heavy atom. The Labute approximate surface area is 158 Å². The van der Waals surface area contributed by atoms with Crippen LogP contribution in [0.1, 0.15) is 11.4 Å². The van der Waals surface area contributed by atoms with Gasteiger partial charge < -0.3 is 5.11 Å². The molecule has 0 amide bonds. The highest BCUT2D eigenvalue weighted by Gasteiger charge is 2.09. The zero-order valence-corrected chi connectivity index (χ0v) is 15.9. The molecule has 2 heterocycles. The van der Waals surface area contributed by atoms with E-state index in [4.69, 9.17) is 10.2 Å². The van der Waals surface area contributed by atoms with Gasteiger partial charge in [-0.15, -0.1) is 0 Å². The van der Waals surface area contributed by atoms with Gasteiger partial charge in [-0.05, 0) is 35.2 Å². The summed E-state index contributed by atoms with van der Waals surface area (Å²) < 4.78 is 36.0. The highest BCUT2D eigenvalue weighted by atomic mass is 32.2. The Morgan fingerprint density at radius 3 is 1.96 bits per heavy atom. The van der Waals surface area contributed by atoms with Gasteiger partial charge >= 0.3 is 10.3 Å². The van der Waals surface area contributed by atoms with E-state index < -0.39 is 10.3 Å². The van der Waals surface area contributed by atoms with Crippen molar-refractivity contribution in [2.75, 3.05) is 0 Å². The number of benzene rings is 2. The fraction of sp³-hybridized carbons (Fsp3) is 0.125. The van der Waals surface area contributed by atoms with Crippen LogP contribution >= 0.6 is 23.1 Å². The standard InChI is InChI=1S/C8H8N2O3S2.C8H7NOS/c9-15(11,12)13-5-7-6-3-1-2-4-8(6)14-10-7;10-5-7-6-3-1-2-4-8(6)11-9-7/h1-4H,5H2,(H2,9,11,12);1-4,10H,5H2. The molecule has 0 aliphatic carbocycles. The van der Waals surface area contributed by atoms with Crippen LogP contribution in [0.2, 0.25) is 0 Å². The highest BCUT2D eigenvalue weighted by Crippen LogP contribution is 2.23. The van der Waals surface area contributed by atoms with Crippen molar-refractivity contribution in [2.24, 2.45) is 5.14 Å². The van der Waals surface area contributed by atoms with Crippen molar-refractivity contribution < 1.29 is 17.7 Å². The van der Waals surface area contributed by atoms with E-state index in [1.165, 1.54) is 23.1 Å². The summed E-state index contributed by atoms with van der Waals surface area (Å²) in [4.78, 5) is 0. The van der Waals surface area contributed by atoms with E-state index >= 15 is 0 Å². The van der Waals surface area contributed by atoms with Crippen molar-refractivity contribution in [1.82, 2.24) is 8.75 Å². The molecule has 4 rings (SSSR count). The van der Waals surface area contributed by atoms with Gasteiger partial charge in [-0.25, -0.2) is 5.14 Å². The molecule has 10 heteroatoms. The second-order valence-corrected chi connectivity index (χ2v) is 8.00. The summed E-state index contributed by atoms with van der Waals surface area (Å²) in [5.74, 6) is 0. The fourth-order valence-electron chi connectivity index (χ4n) is 2.23. The Kier molecular flexibility index (Phi) is 5.91. The summed E-state index contributed by atoms with van der Waals surface area (Å²) in [7, 11) is -3.90. The summed E-state index contributed by atoms with van der Waals surface area (Å²) in [6.07, 6.45) is 0. The predicted octanol–water partition coefficient (Wildman–Crippen LogP) is 2.81. The van der Waals surface area contributed by atoms with Crippen LogP contribution in [-0.2, 0) is 27.7 Å². The molecule has 7 nitrogen and oxygen atoms in total. The van der Waals surface area contributed by atoms with E-state index in [0.717, 1.165) is 25.9 Å². The lowest BCUT2D eigenvalue weighted by Crippen LogP contribution is -2.15. The van der Waals surface area contributed by atoms with E-state index in [0.29, 0.717) is 5.69 Å². The molecule has 4 aromatic rings. The van der Waals surface area contributed by atoms with Crippen LogP contribution in [-0.4, -0.2) is 22.3 Å². The van der Waals surface area contributed by atoms with E-state index in [-0.39, 0.29) is 13.2 Å². The Hall–Kier alpha value is -1.95. The average molecular weight is 410 g/mol. The first-order valence-corrected chi connectivity index (χ1v) is 10.4. The Balaban J connectivity index is 0.000000158. The number of aromatic nitrogens is 2. The number of aliphatic hydroxyl groups is 1. The molecular formula is C16H15N3O4S3. The molecule has 0 unspecified atom stereocenters. The van der Waals surface area contributed by atoms with Gasteiger partial charge in [0, 0.05) is 10.8 Å². The van der Waals surface area contributed by atoms with Gasteiger partial charge in [0.2, 0.25) is 0 Å². The lowest BCUT2D eigenvalue weighted by atomic mass is 10.2. The van der Waals surface area contributed by atoms with Crippen molar-refractivity contribution in [3.05, 3.63) is 59.9 Å². The number of rotatable bonds is 4. The molecule has 0 spiro atoms. The quantitative estimate of drug-likeness (QED) is 0.535. The molecule has 2 aromatic carbocycles. The first-order chi connectivity index (χ1) is 12.5. The lowest BCUT2D eigenvalue weighted by molar-refractivity contribution is 0.279. The van der Waals surface area contributed by atoms with Crippen molar-refractivity contribution in [3.8, 4) is 0 Å². The number of aliphatic hydroxyl groups excluding tert-OH is 1. The monoisotopic (exact) mass is 409 g/mol. The minimum atomic E-state index is -3.90. The molecule has 0 atom stereocenters. The Bertz CT molecular complexity index is 1120. The third-order valence-corrected chi connectivity index (χ3v) is 5.59. The topological polar surface area (TPSA) is 115 Å². The summed E-state index contributed by atoms with van der Waals surface area (Å²) >= 11 is 2.73. The van der Waals surface area contributed by atoms with Crippen LogP contribution in [0.25, 0.3) is 20.2 Å². The molecule has 0 aliphatic heterocycles. The fourth-order valence-corrected chi connectivity index (χ4v) is 4.08. The smallest absolute Gasteiger partial charge is 0.333 e. The second kappa shape index (κ2) is 8.16. The number of hydrogen-bond donors (Lipinski definition) is 2. The minimum absolute atomic E-state index is 0.0318. The van der Waals surface area contributed by atoms with Crippen LogP contribution in [0.4, 0.5) is 0 Å². The molecule has 26 heavy (non-hydrogen) atoms. The van der Waals surface area contributed by atoms with Crippen LogP contribution in [0.3, 0.4) is 0 Å². The maximum absolute atomic E-state index is 10.6. The molecule has 136 valence electrons. The van der Waals surface area contributed by atoms with Gasteiger partial charge in [0.25, 0.3) is 0 Å². The van der Waals surface area contributed by atoms with Crippen molar-refractivity contribution in [2.45, 2.75) is 13.2 Å². The third-order valence-electron chi connectivity index (χ3n) is 3.41. The molecule has 3 N–H and O–H groups in total. The van der Waals surface area contributed by atoms with E-state index in [2.05, 4.69) is 12.9 Å². The normalized spacial score (nSPS) is 11.5. The maximum Gasteiger partial charge on any atom is 0.333 e. The number of nitrogens with two attached hydrogens (primary N) is 1. The zero-order valence-electron chi connectivity index (χ0n) is 13.4. The number of nitrogens with zero attached hydrogens (tertiary/aromatic N) is 2.